The highest BCUT2D eigenvalue weighted by molar-refractivity contribution is 6.63. The van der Waals surface area contributed by atoms with E-state index in [2.05, 4.69) is 0 Å². The molecule has 17 heavy (non-hydrogen) atoms. The Bertz CT molecular complexity index is 427. The summed E-state index contributed by atoms with van der Waals surface area (Å²) < 4.78 is 11.9. The quantitative estimate of drug-likeness (QED) is 0.496. The number of nitrogen functional groups attached to an aromatic ring is 1. The lowest BCUT2D eigenvalue weighted by atomic mass is 9.78. The van der Waals surface area contributed by atoms with Gasteiger partial charge in [0, 0.05) is 11.2 Å². The van der Waals surface area contributed by atoms with Crippen LogP contribution in [0.3, 0.4) is 0 Å². The van der Waals surface area contributed by atoms with E-state index in [0.29, 0.717) is 11.6 Å². The number of rotatable bonds is 2. The maximum absolute atomic E-state index is 5.99. The van der Waals surface area contributed by atoms with E-state index in [4.69, 9.17) is 26.6 Å². The number of hydrogen-bond acceptors (Lipinski definition) is 3. The van der Waals surface area contributed by atoms with E-state index in [1.165, 1.54) is 0 Å². The van der Waals surface area contributed by atoms with Gasteiger partial charge in [-0.3, -0.25) is 0 Å². The Labute approximate surface area is 107 Å². The Morgan fingerprint density at radius 1 is 1.24 bits per heavy atom. The Morgan fingerprint density at radius 3 is 2.41 bits per heavy atom. The zero-order valence-corrected chi connectivity index (χ0v) is 11.1. The normalized spacial score (nSPS) is 27.4. The molecule has 1 aromatic rings. The van der Waals surface area contributed by atoms with Crippen molar-refractivity contribution in [3.05, 3.63) is 24.3 Å². The van der Waals surface area contributed by atoms with E-state index in [1.54, 1.807) is 0 Å². The van der Waals surface area contributed by atoms with E-state index < -0.39 is 18.3 Å². The maximum Gasteiger partial charge on any atom is 0.497 e. The van der Waals surface area contributed by atoms with E-state index >= 15 is 0 Å². The van der Waals surface area contributed by atoms with E-state index in [9.17, 15) is 0 Å². The van der Waals surface area contributed by atoms with Gasteiger partial charge >= 0.3 is 7.12 Å². The molecular weight excluding hydrogens is 236 g/mol. The van der Waals surface area contributed by atoms with Gasteiger partial charge in [0.05, 0.1) is 17.1 Å². The first-order chi connectivity index (χ1) is 7.89. The number of nitrogens with two attached hydrogens (primary N) is 1. The smallest absolute Gasteiger partial charge is 0.399 e. The lowest BCUT2D eigenvalue weighted by Crippen LogP contribution is -2.46. The van der Waals surface area contributed by atoms with E-state index in [-0.39, 0.29) is 0 Å². The Kier molecular flexibility index (Phi) is 3.14. The monoisotopic (exact) mass is 253 g/mol. The Balaban J connectivity index is 2.31. The van der Waals surface area contributed by atoms with Gasteiger partial charge < -0.3 is 15.0 Å². The molecule has 0 aromatic heterocycles. The minimum atomic E-state index is -0.512. The van der Waals surface area contributed by atoms with Crippen LogP contribution in [-0.4, -0.2) is 24.2 Å². The zero-order chi connectivity index (χ0) is 12.7. The second-order valence-electron chi connectivity index (χ2n) is 5.07. The summed E-state index contributed by atoms with van der Waals surface area (Å²) in [5, 5.41) is 0. The number of halogens is 1. The van der Waals surface area contributed by atoms with Crippen molar-refractivity contribution >= 4 is 29.9 Å². The van der Waals surface area contributed by atoms with Crippen molar-refractivity contribution in [2.75, 3.05) is 11.6 Å². The molecule has 1 aromatic carbocycles. The van der Waals surface area contributed by atoms with Crippen LogP contribution < -0.4 is 11.2 Å². The second kappa shape index (κ2) is 4.20. The molecule has 2 rings (SSSR count). The summed E-state index contributed by atoms with van der Waals surface area (Å²) in [7, 11) is -0.449. The third-order valence-corrected chi connectivity index (χ3v) is 4.06. The lowest BCUT2D eigenvalue weighted by molar-refractivity contribution is 0.00860. The molecule has 0 radical (unpaired) electrons. The minimum absolute atomic E-state index is 0.378. The molecule has 1 unspecified atom stereocenters. The zero-order valence-electron chi connectivity index (χ0n) is 10.4. The van der Waals surface area contributed by atoms with Gasteiger partial charge in [0.25, 0.3) is 0 Å². The number of para-hydroxylation sites is 1. The summed E-state index contributed by atoms with van der Waals surface area (Å²) >= 11 is 5.99. The summed E-state index contributed by atoms with van der Waals surface area (Å²) in [6, 6.07) is 7.56. The summed E-state index contributed by atoms with van der Waals surface area (Å²) in [6.45, 7) is 5.92. The minimum Gasteiger partial charge on any atom is -0.399 e. The van der Waals surface area contributed by atoms with E-state index in [0.717, 1.165) is 5.46 Å². The molecule has 1 aliphatic rings. The first-order valence-electron chi connectivity index (χ1n) is 5.66. The van der Waals surface area contributed by atoms with E-state index in [1.807, 2.05) is 45.0 Å². The van der Waals surface area contributed by atoms with Crippen molar-refractivity contribution in [2.45, 2.75) is 32.0 Å². The lowest BCUT2D eigenvalue weighted by Gasteiger charge is -2.34. The maximum atomic E-state index is 5.99. The molecule has 3 nitrogen and oxygen atoms in total. The summed E-state index contributed by atoms with van der Waals surface area (Å²) in [4.78, 5) is 0. The predicted molar refractivity (Wildman–Crippen MR) is 71.6 cm³/mol. The molecular formula is C12H17BClNO2. The number of alkyl halides is 1. The van der Waals surface area contributed by atoms with Gasteiger partial charge in [0.15, 0.2) is 0 Å². The largest absolute Gasteiger partial charge is 0.497 e. The average Bonchev–Trinajstić information content (AvgIpc) is 2.51. The molecule has 1 aliphatic heterocycles. The van der Waals surface area contributed by atoms with Crippen LogP contribution in [0.1, 0.15) is 20.8 Å². The summed E-state index contributed by atoms with van der Waals surface area (Å²) in [5.41, 5.74) is 6.50. The SMILES string of the molecule is CC1(C)OB(c2ccccc2N)OC1(C)CCl. The molecule has 1 saturated heterocycles. The first-order valence-corrected chi connectivity index (χ1v) is 6.19. The fraction of sp³-hybridized carbons (Fsp3) is 0.500. The second-order valence-corrected chi connectivity index (χ2v) is 5.34. The highest BCUT2D eigenvalue weighted by Crippen LogP contribution is 2.38. The van der Waals surface area contributed by atoms with Gasteiger partial charge in [-0.25, -0.2) is 0 Å². The van der Waals surface area contributed by atoms with Crippen molar-refractivity contribution in [1.29, 1.82) is 0 Å². The predicted octanol–water partition coefficient (Wildman–Crippen LogP) is 1.79. The van der Waals surface area contributed by atoms with Crippen molar-refractivity contribution < 1.29 is 9.31 Å². The van der Waals surface area contributed by atoms with Crippen LogP contribution in [0, 0.1) is 0 Å². The van der Waals surface area contributed by atoms with Crippen LogP contribution in [0.2, 0.25) is 0 Å². The molecule has 1 atom stereocenters. The fourth-order valence-corrected chi connectivity index (χ4v) is 2.22. The standard InChI is InChI=1S/C12H17BClNO2/c1-11(2)12(3,8-14)17-13(16-11)9-6-4-5-7-10(9)15/h4-7H,8,15H2,1-3H3. The van der Waals surface area contributed by atoms with Crippen LogP contribution in [0.4, 0.5) is 5.69 Å². The van der Waals surface area contributed by atoms with Crippen LogP contribution in [0.25, 0.3) is 0 Å². The highest BCUT2D eigenvalue weighted by Gasteiger charge is 2.54. The molecule has 1 heterocycles. The number of hydrogen-bond donors (Lipinski definition) is 1. The molecule has 1 fully saturated rings. The summed E-state index contributed by atoms with van der Waals surface area (Å²) in [6.07, 6.45) is 0. The molecule has 0 amide bonds. The molecule has 0 saturated carbocycles. The van der Waals surface area contributed by atoms with Crippen LogP contribution in [-0.2, 0) is 9.31 Å². The van der Waals surface area contributed by atoms with Crippen molar-refractivity contribution in [3.8, 4) is 0 Å². The molecule has 0 aliphatic carbocycles. The molecule has 2 N–H and O–H groups in total. The number of anilines is 1. The number of benzene rings is 1. The fourth-order valence-electron chi connectivity index (χ4n) is 1.84. The highest BCUT2D eigenvalue weighted by atomic mass is 35.5. The average molecular weight is 254 g/mol. The van der Waals surface area contributed by atoms with Crippen LogP contribution in [0.15, 0.2) is 24.3 Å². The van der Waals surface area contributed by atoms with Gasteiger partial charge in [0.1, 0.15) is 0 Å². The van der Waals surface area contributed by atoms with Crippen molar-refractivity contribution in [3.63, 3.8) is 0 Å². The van der Waals surface area contributed by atoms with Gasteiger partial charge in [-0.15, -0.1) is 11.6 Å². The molecule has 0 spiro atoms. The van der Waals surface area contributed by atoms with Crippen molar-refractivity contribution in [1.82, 2.24) is 0 Å². The molecule has 0 bridgehead atoms. The molecule has 92 valence electrons. The third kappa shape index (κ3) is 2.05. The van der Waals surface area contributed by atoms with Gasteiger partial charge in [-0.05, 0) is 26.8 Å². The van der Waals surface area contributed by atoms with Gasteiger partial charge in [0.2, 0.25) is 0 Å². The van der Waals surface area contributed by atoms with Gasteiger partial charge in [-0.1, -0.05) is 18.2 Å². The van der Waals surface area contributed by atoms with Crippen molar-refractivity contribution in [2.24, 2.45) is 0 Å². The van der Waals surface area contributed by atoms with Crippen LogP contribution in [0.5, 0.6) is 0 Å². The third-order valence-electron chi connectivity index (χ3n) is 3.55. The topological polar surface area (TPSA) is 44.5 Å². The van der Waals surface area contributed by atoms with Gasteiger partial charge in [-0.2, -0.15) is 0 Å². The Hall–Kier alpha value is -0.705. The molecule has 5 heteroatoms. The van der Waals surface area contributed by atoms with Crippen LogP contribution >= 0.6 is 11.6 Å². The first kappa shape index (κ1) is 12.7. The Morgan fingerprint density at radius 2 is 1.88 bits per heavy atom. The summed E-state index contributed by atoms with van der Waals surface area (Å²) in [5.74, 6) is 0.378.